The van der Waals surface area contributed by atoms with E-state index in [1.807, 2.05) is 0 Å². The summed E-state index contributed by atoms with van der Waals surface area (Å²) >= 11 is 0. The second-order valence-electron chi connectivity index (χ2n) is 5.95. The minimum atomic E-state index is -4.96. The van der Waals surface area contributed by atoms with Crippen molar-refractivity contribution in [2.45, 2.75) is 31.7 Å². The molecule has 25 heavy (non-hydrogen) atoms. The van der Waals surface area contributed by atoms with E-state index in [1.165, 1.54) is 10.6 Å². The van der Waals surface area contributed by atoms with Gasteiger partial charge in [0, 0.05) is 30.3 Å². The Morgan fingerprint density at radius 3 is 2.72 bits per heavy atom. The van der Waals surface area contributed by atoms with Crippen molar-refractivity contribution in [2.75, 3.05) is 13.2 Å². The zero-order valence-corrected chi connectivity index (χ0v) is 13.3. The van der Waals surface area contributed by atoms with Gasteiger partial charge < -0.3 is 14.6 Å². The zero-order valence-electron chi connectivity index (χ0n) is 13.3. The standard InChI is InChI=1S/C17H17F3N2O3/c18-17(19,20)16(24)13-9-22(14-6-2-1-5-12(13)14)10-15(23)21-8-11-4-3-7-25-11/h1-2,5-6,9,11H,3-4,7-8,10H2,(H,21,23)/t11-/m0/s1. The average Bonchev–Trinajstić information content (AvgIpc) is 3.20. The molecule has 1 fully saturated rings. The summed E-state index contributed by atoms with van der Waals surface area (Å²) in [7, 11) is 0. The number of carbonyl (C=O) groups is 2. The van der Waals surface area contributed by atoms with Gasteiger partial charge in [-0.25, -0.2) is 0 Å². The lowest BCUT2D eigenvalue weighted by molar-refractivity contribution is -0.122. The van der Waals surface area contributed by atoms with Crippen LogP contribution in [0.4, 0.5) is 13.2 Å². The van der Waals surface area contributed by atoms with Crippen LogP contribution in [0.1, 0.15) is 23.2 Å². The maximum atomic E-state index is 12.8. The zero-order chi connectivity index (χ0) is 18.0. The first kappa shape index (κ1) is 17.5. The quantitative estimate of drug-likeness (QED) is 0.840. The van der Waals surface area contributed by atoms with Gasteiger partial charge >= 0.3 is 6.18 Å². The number of aromatic nitrogens is 1. The highest BCUT2D eigenvalue weighted by Gasteiger charge is 2.40. The van der Waals surface area contributed by atoms with Crippen LogP contribution in [-0.2, 0) is 16.1 Å². The first-order valence-electron chi connectivity index (χ1n) is 7.94. The van der Waals surface area contributed by atoms with Crippen molar-refractivity contribution in [3.05, 3.63) is 36.0 Å². The van der Waals surface area contributed by atoms with Crippen LogP contribution in [0.15, 0.2) is 30.5 Å². The minimum absolute atomic E-state index is 0.0206. The number of halogens is 3. The van der Waals surface area contributed by atoms with Gasteiger partial charge in [0.1, 0.15) is 6.54 Å². The van der Waals surface area contributed by atoms with Crippen LogP contribution in [-0.4, -0.2) is 41.7 Å². The normalized spacial score (nSPS) is 17.8. The molecule has 0 saturated carbocycles. The van der Waals surface area contributed by atoms with Crippen LogP contribution < -0.4 is 5.32 Å². The van der Waals surface area contributed by atoms with Gasteiger partial charge in [0.25, 0.3) is 5.78 Å². The van der Waals surface area contributed by atoms with Crippen LogP contribution in [0.2, 0.25) is 0 Å². The molecule has 0 spiro atoms. The van der Waals surface area contributed by atoms with Gasteiger partial charge in [-0.05, 0) is 18.9 Å². The lowest BCUT2D eigenvalue weighted by Crippen LogP contribution is -2.34. The Kier molecular flexibility index (Phi) is 4.80. The lowest BCUT2D eigenvalue weighted by Gasteiger charge is -2.11. The molecule has 134 valence electrons. The van der Waals surface area contributed by atoms with Crippen molar-refractivity contribution in [1.82, 2.24) is 9.88 Å². The molecule has 3 rings (SSSR count). The van der Waals surface area contributed by atoms with E-state index in [0.717, 1.165) is 19.0 Å². The summed E-state index contributed by atoms with van der Waals surface area (Å²) in [5, 5.41) is 2.89. The summed E-state index contributed by atoms with van der Waals surface area (Å²) in [5.74, 6) is -2.26. The van der Waals surface area contributed by atoms with Crippen LogP contribution >= 0.6 is 0 Å². The molecule has 1 aromatic heterocycles. The topological polar surface area (TPSA) is 60.3 Å². The Morgan fingerprint density at radius 1 is 1.28 bits per heavy atom. The van der Waals surface area contributed by atoms with E-state index < -0.39 is 17.5 Å². The Labute approximate surface area is 141 Å². The van der Waals surface area contributed by atoms with Crippen molar-refractivity contribution >= 4 is 22.6 Å². The van der Waals surface area contributed by atoms with Gasteiger partial charge in [-0.15, -0.1) is 0 Å². The maximum absolute atomic E-state index is 12.8. The van der Waals surface area contributed by atoms with E-state index in [-0.39, 0.29) is 23.9 Å². The summed E-state index contributed by atoms with van der Waals surface area (Å²) in [4.78, 5) is 23.7. The number of Topliss-reactive ketones (excluding diaryl/α,β-unsaturated/α-hetero) is 1. The second kappa shape index (κ2) is 6.87. The summed E-state index contributed by atoms with van der Waals surface area (Å²) in [6.07, 6.45) is -2.07. The fourth-order valence-corrected chi connectivity index (χ4v) is 2.95. The maximum Gasteiger partial charge on any atom is 0.454 e. The molecule has 1 saturated heterocycles. The summed E-state index contributed by atoms with van der Waals surface area (Å²) < 4.78 is 45.1. The highest BCUT2D eigenvalue weighted by atomic mass is 19.4. The van der Waals surface area contributed by atoms with E-state index in [1.54, 1.807) is 18.2 Å². The van der Waals surface area contributed by atoms with E-state index in [0.29, 0.717) is 18.7 Å². The molecule has 1 amide bonds. The van der Waals surface area contributed by atoms with Gasteiger partial charge in [-0.1, -0.05) is 18.2 Å². The lowest BCUT2D eigenvalue weighted by atomic mass is 10.1. The molecule has 0 radical (unpaired) electrons. The number of nitrogens with zero attached hydrogens (tertiary/aromatic N) is 1. The molecule has 1 aliphatic rings. The molecule has 0 bridgehead atoms. The molecule has 2 heterocycles. The number of hydrogen-bond acceptors (Lipinski definition) is 3. The van der Waals surface area contributed by atoms with E-state index >= 15 is 0 Å². The van der Waals surface area contributed by atoms with Gasteiger partial charge in [0.15, 0.2) is 0 Å². The summed E-state index contributed by atoms with van der Waals surface area (Å²) in [5.41, 5.74) is -0.0441. The fraction of sp³-hybridized carbons (Fsp3) is 0.412. The monoisotopic (exact) mass is 354 g/mol. The Hall–Kier alpha value is -2.35. The SMILES string of the molecule is O=C(Cn1cc(C(=O)C(F)(F)F)c2ccccc21)NC[C@@H]1CCCO1. The molecule has 1 N–H and O–H groups in total. The van der Waals surface area contributed by atoms with Crippen molar-refractivity contribution in [3.63, 3.8) is 0 Å². The van der Waals surface area contributed by atoms with Crippen molar-refractivity contribution in [1.29, 1.82) is 0 Å². The number of hydrogen-bond donors (Lipinski definition) is 1. The average molecular weight is 354 g/mol. The van der Waals surface area contributed by atoms with Crippen molar-refractivity contribution in [2.24, 2.45) is 0 Å². The molecular formula is C17H17F3N2O3. The number of alkyl halides is 3. The predicted octanol–water partition coefficient (Wildman–Crippen LogP) is 2.68. The molecule has 8 heteroatoms. The first-order chi connectivity index (χ1) is 11.9. The molecule has 0 unspecified atom stereocenters. The highest BCUT2D eigenvalue weighted by molar-refractivity contribution is 6.10. The number of benzene rings is 1. The van der Waals surface area contributed by atoms with Gasteiger partial charge in [0.05, 0.1) is 11.7 Å². The number of rotatable bonds is 5. The Balaban J connectivity index is 1.79. The smallest absolute Gasteiger partial charge is 0.376 e. The van der Waals surface area contributed by atoms with Gasteiger partial charge in [-0.2, -0.15) is 13.2 Å². The molecular weight excluding hydrogens is 337 g/mol. The second-order valence-corrected chi connectivity index (χ2v) is 5.95. The van der Waals surface area contributed by atoms with E-state index in [2.05, 4.69) is 5.32 Å². The molecule has 5 nitrogen and oxygen atoms in total. The van der Waals surface area contributed by atoms with Gasteiger partial charge in [0.2, 0.25) is 5.91 Å². The number of fused-ring (bicyclic) bond motifs is 1. The highest BCUT2D eigenvalue weighted by Crippen LogP contribution is 2.28. The number of ketones is 1. The van der Waals surface area contributed by atoms with Crippen LogP contribution in [0.3, 0.4) is 0 Å². The molecule has 1 aromatic carbocycles. The third-order valence-electron chi connectivity index (χ3n) is 4.16. The molecule has 0 aliphatic carbocycles. The van der Waals surface area contributed by atoms with Crippen LogP contribution in [0.25, 0.3) is 10.9 Å². The number of amides is 1. The van der Waals surface area contributed by atoms with Crippen molar-refractivity contribution in [3.8, 4) is 0 Å². The minimum Gasteiger partial charge on any atom is -0.376 e. The predicted molar refractivity (Wildman–Crippen MR) is 84.3 cm³/mol. The summed E-state index contributed by atoms with van der Waals surface area (Å²) in [6.45, 7) is 0.871. The third kappa shape index (κ3) is 3.84. The summed E-state index contributed by atoms with van der Waals surface area (Å²) in [6, 6.07) is 6.22. The van der Waals surface area contributed by atoms with Crippen LogP contribution in [0.5, 0.6) is 0 Å². The van der Waals surface area contributed by atoms with Crippen molar-refractivity contribution < 1.29 is 27.5 Å². The Bertz CT molecular complexity index is 792. The number of para-hydroxylation sites is 1. The Morgan fingerprint density at radius 2 is 2.04 bits per heavy atom. The van der Waals surface area contributed by atoms with Gasteiger partial charge in [-0.3, -0.25) is 9.59 Å². The van der Waals surface area contributed by atoms with E-state index in [4.69, 9.17) is 4.74 Å². The number of carbonyl (C=O) groups excluding carboxylic acids is 2. The number of nitrogens with one attached hydrogen (secondary N) is 1. The largest absolute Gasteiger partial charge is 0.454 e. The van der Waals surface area contributed by atoms with E-state index in [9.17, 15) is 22.8 Å². The third-order valence-corrected chi connectivity index (χ3v) is 4.16. The first-order valence-corrected chi connectivity index (χ1v) is 7.94. The number of ether oxygens (including phenoxy) is 1. The molecule has 1 atom stereocenters. The van der Waals surface area contributed by atoms with Crippen LogP contribution in [0, 0.1) is 0 Å². The molecule has 2 aromatic rings. The fourth-order valence-electron chi connectivity index (χ4n) is 2.95. The molecule has 1 aliphatic heterocycles.